The standard InChI is InChI=1S/C28H28N2O5/c1-3-5-19-34-25-16-10-23(11-17-25)28(32)35-26-12-6-21(7-13-26)20-29-30-27(31)22-8-14-24(15-9-22)33-18-4-2/h4,6-17,20H,2-3,5,18-19H2,1H3,(H,30,31). The number of benzene rings is 3. The number of nitrogens with zero attached hydrogens (tertiary/aromatic N) is 1. The Labute approximate surface area is 205 Å². The molecule has 7 heteroatoms. The number of unbranched alkanes of at least 4 members (excludes halogenated alkanes) is 1. The molecular weight excluding hydrogens is 444 g/mol. The van der Waals surface area contributed by atoms with Crippen LogP contribution in [0.1, 0.15) is 46.0 Å². The van der Waals surface area contributed by atoms with Crippen molar-refractivity contribution < 1.29 is 23.8 Å². The minimum Gasteiger partial charge on any atom is -0.494 e. The van der Waals surface area contributed by atoms with Gasteiger partial charge in [0.05, 0.1) is 18.4 Å². The van der Waals surface area contributed by atoms with Crippen LogP contribution in [0.25, 0.3) is 0 Å². The summed E-state index contributed by atoms with van der Waals surface area (Å²) >= 11 is 0. The second-order valence-corrected chi connectivity index (χ2v) is 7.51. The third-order valence-electron chi connectivity index (χ3n) is 4.81. The van der Waals surface area contributed by atoms with Crippen molar-refractivity contribution in [1.29, 1.82) is 0 Å². The summed E-state index contributed by atoms with van der Waals surface area (Å²) in [5.74, 6) is 0.973. The van der Waals surface area contributed by atoms with E-state index in [1.54, 1.807) is 78.9 Å². The molecule has 0 saturated carbocycles. The van der Waals surface area contributed by atoms with E-state index in [1.807, 2.05) is 0 Å². The minimum absolute atomic E-state index is 0.344. The number of esters is 1. The highest BCUT2D eigenvalue weighted by Crippen LogP contribution is 2.17. The highest BCUT2D eigenvalue weighted by molar-refractivity contribution is 5.95. The maximum atomic E-state index is 12.4. The quantitative estimate of drug-likeness (QED) is 0.0951. The van der Waals surface area contributed by atoms with E-state index in [4.69, 9.17) is 14.2 Å². The summed E-state index contributed by atoms with van der Waals surface area (Å²) in [6.07, 6.45) is 5.19. The van der Waals surface area contributed by atoms with Crippen LogP contribution in [0, 0.1) is 0 Å². The average Bonchev–Trinajstić information content (AvgIpc) is 2.89. The molecular formula is C28H28N2O5. The molecule has 0 bridgehead atoms. The fourth-order valence-electron chi connectivity index (χ4n) is 2.90. The average molecular weight is 473 g/mol. The van der Waals surface area contributed by atoms with Crippen LogP contribution in [0.15, 0.2) is 90.6 Å². The van der Waals surface area contributed by atoms with E-state index in [0.717, 1.165) is 24.2 Å². The van der Waals surface area contributed by atoms with Crippen LogP contribution in [-0.4, -0.2) is 31.3 Å². The molecule has 0 spiro atoms. The molecule has 35 heavy (non-hydrogen) atoms. The molecule has 1 N–H and O–H groups in total. The summed E-state index contributed by atoms with van der Waals surface area (Å²) in [6.45, 7) is 6.74. The van der Waals surface area contributed by atoms with Crippen LogP contribution >= 0.6 is 0 Å². The summed E-state index contributed by atoms with van der Waals surface area (Å²) in [5.41, 5.74) is 4.09. The van der Waals surface area contributed by atoms with E-state index in [9.17, 15) is 9.59 Å². The minimum atomic E-state index is -0.459. The zero-order valence-electron chi connectivity index (χ0n) is 19.6. The summed E-state index contributed by atoms with van der Waals surface area (Å²) in [7, 11) is 0. The zero-order valence-corrected chi connectivity index (χ0v) is 19.6. The van der Waals surface area contributed by atoms with Crippen molar-refractivity contribution in [1.82, 2.24) is 5.43 Å². The Bertz CT molecular complexity index is 1140. The van der Waals surface area contributed by atoms with Crippen LogP contribution in [0.2, 0.25) is 0 Å². The lowest BCUT2D eigenvalue weighted by molar-refractivity contribution is 0.0734. The van der Waals surface area contributed by atoms with Gasteiger partial charge in [-0.15, -0.1) is 0 Å². The van der Waals surface area contributed by atoms with E-state index in [2.05, 4.69) is 24.0 Å². The molecule has 1 amide bonds. The van der Waals surface area contributed by atoms with E-state index < -0.39 is 5.97 Å². The monoisotopic (exact) mass is 472 g/mol. The molecule has 0 aliphatic heterocycles. The molecule has 7 nitrogen and oxygen atoms in total. The summed E-state index contributed by atoms with van der Waals surface area (Å²) in [4.78, 5) is 24.6. The van der Waals surface area contributed by atoms with Crippen molar-refractivity contribution in [2.75, 3.05) is 13.2 Å². The van der Waals surface area contributed by atoms with Crippen LogP contribution < -0.4 is 19.6 Å². The fourth-order valence-corrected chi connectivity index (χ4v) is 2.90. The maximum Gasteiger partial charge on any atom is 0.343 e. The summed E-state index contributed by atoms with van der Waals surface area (Å²) in [5, 5.41) is 3.97. The van der Waals surface area contributed by atoms with Gasteiger partial charge >= 0.3 is 5.97 Å². The Morgan fingerprint density at radius 2 is 1.46 bits per heavy atom. The van der Waals surface area contributed by atoms with Gasteiger partial charge < -0.3 is 14.2 Å². The molecule has 0 saturated heterocycles. The SMILES string of the molecule is C=CCOc1ccc(C(=O)NN=Cc2ccc(OC(=O)c3ccc(OCCCC)cc3)cc2)cc1. The fraction of sp³-hybridized carbons (Fsp3) is 0.179. The van der Waals surface area contributed by atoms with Gasteiger partial charge in [0.2, 0.25) is 0 Å². The van der Waals surface area contributed by atoms with E-state index >= 15 is 0 Å². The Balaban J connectivity index is 1.48. The van der Waals surface area contributed by atoms with E-state index in [0.29, 0.717) is 35.8 Å². The van der Waals surface area contributed by atoms with Gasteiger partial charge in [0.25, 0.3) is 5.91 Å². The van der Waals surface area contributed by atoms with E-state index in [-0.39, 0.29) is 5.91 Å². The topological polar surface area (TPSA) is 86.2 Å². The number of carbonyl (C=O) groups is 2. The van der Waals surface area contributed by atoms with Crippen molar-refractivity contribution in [2.24, 2.45) is 5.10 Å². The van der Waals surface area contributed by atoms with E-state index in [1.165, 1.54) is 6.21 Å². The molecule has 0 aliphatic rings. The summed E-state index contributed by atoms with van der Waals surface area (Å²) in [6, 6.07) is 20.4. The van der Waals surface area contributed by atoms with Crippen molar-refractivity contribution in [3.63, 3.8) is 0 Å². The number of hydrazone groups is 1. The molecule has 0 radical (unpaired) electrons. The lowest BCUT2D eigenvalue weighted by Gasteiger charge is -2.07. The lowest BCUT2D eigenvalue weighted by Crippen LogP contribution is -2.17. The largest absolute Gasteiger partial charge is 0.494 e. The molecule has 0 heterocycles. The first-order chi connectivity index (χ1) is 17.1. The predicted molar refractivity (Wildman–Crippen MR) is 135 cm³/mol. The van der Waals surface area contributed by atoms with Gasteiger partial charge in [0.15, 0.2) is 0 Å². The smallest absolute Gasteiger partial charge is 0.343 e. The van der Waals surface area contributed by atoms with Crippen molar-refractivity contribution in [2.45, 2.75) is 19.8 Å². The first kappa shape index (κ1) is 25.2. The molecule has 180 valence electrons. The Morgan fingerprint density at radius 3 is 2.09 bits per heavy atom. The number of ether oxygens (including phenoxy) is 3. The molecule has 0 atom stereocenters. The van der Waals surface area contributed by atoms with Gasteiger partial charge in [-0.1, -0.05) is 26.0 Å². The van der Waals surface area contributed by atoms with Crippen molar-refractivity contribution in [3.8, 4) is 17.2 Å². The predicted octanol–water partition coefficient (Wildman–Crippen LogP) is 5.41. The number of amides is 1. The van der Waals surface area contributed by atoms with Gasteiger partial charge in [-0.3, -0.25) is 4.79 Å². The molecule has 0 unspecified atom stereocenters. The van der Waals surface area contributed by atoms with Gasteiger partial charge in [-0.25, -0.2) is 10.2 Å². The molecule has 3 rings (SSSR count). The van der Waals surface area contributed by atoms with Crippen molar-refractivity contribution >= 4 is 18.1 Å². The molecule has 3 aromatic rings. The molecule has 0 aromatic heterocycles. The third-order valence-corrected chi connectivity index (χ3v) is 4.81. The Kier molecular flexibility index (Phi) is 9.63. The molecule has 0 fully saturated rings. The number of hydrogen-bond acceptors (Lipinski definition) is 6. The normalized spacial score (nSPS) is 10.5. The number of rotatable bonds is 12. The highest BCUT2D eigenvalue weighted by atomic mass is 16.5. The first-order valence-electron chi connectivity index (χ1n) is 11.3. The summed E-state index contributed by atoms with van der Waals surface area (Å²) < 4.78 is 16.4. The van der Waals surface area contributed by atoms with Gasteiger partial charge in [-0.2, -0.15) is 5.10 Å². The maximum absolute atomic E-state index is 12.4. The number of nitrogens with one attached hydrogen (secondary N) is 1. The van der Waals surface area contributed by atoms with Crippen molar-refractivity contribution in [3.05, 3.63) is 102 Å². The van der Waals surface area contributed by atoms with Gasteiger partial charge in [0.1, 0.15) is 23.9 Å². The lowest BCUT2D eigenvalue weighted by atomic mass is 10.2. The highest BCUT2D eigenvalue weighted by Gasteiger charge is 2.09. The molecule has 3 aromatic carbocycles. The first-order valence-corrected chi connectivity index (χ1v) is 11.3. The second kappa shape index (κ2) is 13.3. The Morgan fingerprint density at radius 1 is 0.857 bits per heavy atom. The zero-order chi connectivity index (χ0) is 24.9. The second-order valence-electron chi connectivity index (χ2n) is 7.51. The van der Waals surface area contributed by atoms with Crippen LogP contribution in [0.3, 0.4) is 0 Å². The van der Waals surface area contributed by atoms with Crippen LogP contribution in [-0.2, 0) is 0 Å². The van der Waals surface area contributed by atoms with Crippen LogP contribution in [0.5, 0.6) is 17.2 Å². The Hall–Kier alpha value is -4.39. The van der Waals surface area contributed by atoms with Gasteiger partial charge in [-0.05, 0) is 84.8 Å². The third kappa shape index (κ3) is 8.16. The number of hydrogen-bond donors (Lipinski definition) is 1. The molecule has 0 aliphatic carbocycles. The van der Waals surface area contributed by atoms with Crippen LogP contribution in [0.4, 0.5) is 0 Å². The van der Waals surface area contributed by atoms with Gasteiger partial charge in [0, 0.05) is 5.56 Å². The number of carbonyl (C=O) groups excluding carboxylic acids is 2.